The third kappa shape index (κ3) is 6.86. The van der Waals surface area contributed by atoms with Crippen molar-refractivity contribution in [3.05, 3.63) is 77.7 Å². The number of hydrogen-bond donors (Lipinski definition) is 0. The lowest BCUT2D eigenvalue weighted by Crippen LogP contribution is -2.29. The highest BCUT2D eigenvalue weighted by atomic mass is 17.2. The molecule has 131 valence electrons. The zero-order chi connectivity index (χ0) is 18.2. The monoisotopic (exact) mass is 327 g/mol. The first-order chi connectivity index (χ1) is 11.1. The molecule has 2 heteroatoms. The summed E-state index contributed by atoms with van der Waals surface area (Å²) in [5, 5.41) is 0. The summed E-state index contributed by atoms with van der Waals surface area (Å²) >= 11 is 0. The maximum absolute atomic E-state index is 5.73. The first kappa shape index (κ1) is 20.4. The second-order valence-electron chi connectivity index (χ2n) is 7.42. The molecule has 2 rings (SSSR count). The van der Waals surface area contributed by atoms with Crippen LogP contribution in [0, 0.1) is 5.92 Å². The van der Waals surface area contributed by atoms with Gasteiger partial charge in [-0.05, 0) is 44.7 Å². The van der Waals surface area contributed by atoms with Gasteiger partial charge in [-0.3, -0.25) is 0 Å². The van der Waals surface area contributed by atoms with Crippen LogP contribution >= 0.6 is 0 Å². The molecule has 0 heterocycles. The van der Waals surface area contributed by atoms with E-state index in [1.807, 2.05) is 88.4 Å². The first-order valence-corrected chi connectivity index (χ1v) is 8.40. The van der Waals surface area contributed by atoms with Gasteiger partial charge in [-0.15, -0.1) is 0 Å². The fourth-order valence-corrected chi connectivity index (χ4v) is 1.98. The van der Waals surface area contributed by atoms with E-state index in [-0.39, 0.29) is 0 Å². The van der Waals surface area contributed by atoms with E-state index in [1.54, 1.807) is 0 Å². The van der Waals surface area contributed by atoms with Crippen molar-refractivity contribution in [2.24, 2.45) is 0 Å². The number of hydrogen-bond acceptors (Lipinski definition) is 2. The molecule has 0 unspecified atom stereocenters. The molecule has 0 atom stereocenters. The summed E-state index contributed by atoms with van der Waals surface area (Å²) < 4.78 is 0. The average Bonchev–Trinajstić information content (AvgIpc) is 2.54. The Morgan fingerprint density at radius 2 is 0.833 bits per heavy atom. The van der Waals surface area contributed by atoms with Gasteiger partial charge in [0.25, 0.3) is 0 Å². The zero-order valence-corrected chi connectivity index (χ0v) is 16.1. The van der Waals surface area contributed by atoms with E-state index in [4.69, 9.17) is 9.78 Å². The lowest BCUT2D eigenvalue weighted by atomic mass is 9.98. The van der Waals surface area contributed by atoms with Gasteiger partial charge in [0.05, 0.1) is 0 Å². The van der Waals surface area contributed by atoms with Crippen molar-refractivity contribution in [1.29, 1.82) is 0 Å². The summed E-state index contributed by atoms with van der Waals surface area (Å²) in [6, 6.07) is 20.2. The van der Waals surface area contributed by atoms with Crippen molar-refractivity contribution in [3.8, 4) is 0 Å². The van der Waals surface area contributed by atoms with Crippen LogP contribution in [0.3, 0.4) is 0 Å². The Balaban J connectivity index is 0.000000648. The van der Waals surface area contributed by atoms with Crippen LogP contribution in [0.2, 0.25) is 0 Å². The summed E-state index contributed by atoms with van der Waals surface area (Å²) in [7, 11) is 0. The predicted octanol–water partition coefficient (Wildman–Crippen LogP) is 6.43. The van der Waals surface area contributed by atoms with E-state index in [0.717, 1.165) is 11.1 Å². The quantitative estimate of drug-likeness (QED) is 0.465. The molecule has 0 aliphatic rings. The maximum atomic E-state index is 5.73. The van der Waals surface area contributed by atoms with Crippen molar-refractivity contribution in [1.82, 2.24) is 0 Å². The van der Waals surface area contributed by atoms with Crippen molar-refractivity contribution < 1.29 is 9.78 Å². The molecule has 0 amide bonds. The molecule has 24 heavy (non-hydrogen) atoms. The van der Waals surface area contributed by atoms with E-state index in [1.165, 1.54) is 5.92 Å². The topological polar surface area (TPSA) is 18.5 Å². The molecule has 0 aliphatic carbocycles. The smallest absolute Gasteiger partial charge is 0.123 e. The molecule has 0 aromatic heterocycles. The maximum Gasteiger partial charge on any atom is 0.123 e. The van der Waals surface area contributed by atoms with Crippen LogP contribution in [0.25, 0.3) is 0 Å². The van der Waals surface area contributed by atoms with Gasteiger partial charge in [-0.1, -0.05) is 81.4 Å². The Morgan fingerprint density at radius 3 is 1.08 bits per heavy atom. The molecule has 0 N–H and O–H groups in total. The average molecular weight is 327 g/mol. The highest BCUT2D eigenvalue weighted by Crippen LogP contribution is 2.31. The molecular formula is C22H31O2. The van der Waals surface area contributed by atoms with Crippen molar-refractivity contribution >= 4 is 0 Å². The minimum absolute atomic E-state index is 0.493. The predicted molar refractivity (Wildman–Crippen MR) is 101 cm³/mol. The summed E-state index contributed by atoms with van der Waals surface area (Å²) in [6.07, 6.45) is 0. The fraction of sp³-hybridized carbons (Fsp3) is 0.409. The van der Waals surface area contributed by atoms with Crippen LogP contribution in [0.15, 0.2) is 60.7 Å². The van der Waals surface area contributed by atoms with Gasteiger partial charge in [0, 0.05) is 0 Å². The fourth-order valence-electron chi connectivity index (χ4n) is 1.98. The SMILES string of the molecule is CC(C)(OOC(C)(C)c1ccccc1)c1ccccc1.C[C](C)C. The summed E-state index contributed by atoms with van der Waals surface area (Å²) in [6.45, 7) is 14.3. The van der Waals surface area contributed by atoms with Crippen LogP contribution in [0.4, 0.5) is 0 Å². The molecule has 2 nitrogen and oxygen atoms in total. The molecule has 0 fully saturated rings. The Hall–Kier alpha value is -1.64. The van der Waals surface area contributed by atoms with Crippen molar-refractivity contribution in [3.63, 3.8) is 0 Å². The Kier molecular flexibility index (Phi) is 7.65. The first-order valence-electron chi connectivity index (χ1n) is 8.40. The molecule has 0 saturated heterocycles. The summed E-state index contributed by atoms with van der Waals surface area (Å²) in [5.74, 6) is 1.42. The minimum atomic E-state index is -0.493. The highest BCUT2D eigenvalue weighted by Gasteiger charge is 2.29. The third-order valence-corrected chi connectivity index (χ3v) is 3.40. The van der Waals surface area contributed by atoms with Gasteiger partial charge in [0.15, 0.2) is 0 Å². The van der Waals surface area contributed by atoms with Crippen molar-refractivity contribution in [2.75, 3.05) is 0 Å². The highest BCUT2D eigenvalue weighted by molar-refractivity contribution is 5.22. The zero-order valence-electron chi connectivity index (χ0n) is 16.1. The molecule has 0 spiro atoms. The molecule has 0 aliphatic heterocycles. The van der Waals surface area contributed by atoms with Gasteiger partial charge >= 0.3 is 0 Å². The second-order valence-corrected chi connectivity index (χ2v) is 7.42. The van der Waals surface area contributed by atoms with Gasteiger partial charge in [0.1, 0.15) is 11.2 Å². The number of benzene rings is 2. The van der Waals surface area contributed by atoms with E-state index in [0.29, 0.717) is 0 Å². The lowest BCUT2D eigenvalue weighted by molar-refractivity contribution is -0.410. The molecule has 2 aromatic rings. The van der Waals surface area contributed by atoms with E-state index >= 15 is 0 Å². The van der Waals surface area contributed by atoms with E-state index in [9.17, 15) is 0 Å². The summed E-state index contributed by atoms with van der Waals surface area (Å²) in [5.41, 5.74) is 1.19. The Labute approximate surface area is 147 Å². The van der Waals surface area contributed by atoms with Crippen molar-refractivity contribution in [2.45, 2.75) is 59.7 Å². The van der Waals surface area contributed by atoms with E-state index in [2.05, 4.69) is 20.8 Å². The van der Waals surface area contributed by atoms with Gasteiger partial charge in [-0.25, -0.2) is 9.78 Å². The summed E-state index contributed by atoms with van der Waals surface area (Å²) in [4.78, 5) is 11.5. The van der Waals surface area contributed by atoms with Gasteiger partial charge < -0.3 is 0 Å². The Morgan fingerprint density at radius 1 is 0.583 bits per heavy atom. The molecule has 0 saturated carbocycles. The molecule has 1 radical (unpaired) electrons. The van der Waals surface area contributed by atoms with Crippen LogP contribution < -0.4 is 0 Å². The number of rotatable bonds is 5. The van der Waals surface area contributed by atoms with Gasteiger partial charge in [-0.2, -0.15) is 0 Å². The largest absolute Gasteiger partial charge is 0.225 e. The minimum Gasteiger partial charge on any atom is -0.225 e. The lowest BCUT2D eigenvalue weighted by Gasteiger charge is -2.31. The van der Waals surface area contributed by atoms with Gasteiger partial charge in [0.2, 0.25) is 0 Å². The molecule has 0 bridgehead atoms. The van der Waals surface area contributed by atoms with Crippen LogP contribution in [0.5, 0.6) is 0 Å². The van der Waals surface area contributed by atoms with Crippen LogP contribution in [0.1, 0.15) is 59.6 Å². The van der Waals surface area contributed by atoms with E-state index < -0.39 is 11.2 Å². The Bertz CT molecular complexity index is 517. The normalized spacial score (nSPS) is 11.8. The third-order valence-electron chi connectivity index (χ3n) is 3.40. The molecule has 2 aromatic carbocycles. The standard InChI is InChI=1S/C18H22O2.C4H9/c1-17(2,15-11-7-5-8-12-15)19-20-18(3,4)16-13-9-6-10-14-16;1-4(2)3/h5-14H,1-4H3;1-3H3. The van der Waals surface area contributed by atoms with Crippen LogP contribution in [-0.2, 0) is 21.0 Å². The van der Waals surface area contributed by atoms with Crippen LogP contribution in [-0.4, -0.2) is 0 Å². The molecular weight excluding hydrogens is 296 g/mol. The second kappa shape index (κ2) is 9.00.